The number of aldehydes is 1. The summed E-state index contributed by atoms with van der Waals surface area (Å²) in [6.07, 6.45) is -3.98. The molecule has 1 aromatic carbocycles. The number of halogens is 3. The minimum Gasteiger partial charge on any atom is -0.444 e. The first kappa shape index (κ1) is 33.7. The Bertz CT molecular complexity index is 1190. The minimum absolute atomic E-state index is 0.0547. The third-order valence-corrected chi connectivity index (χ3v) is 10.2. The zero-order chi connectivity index (χ0) is 30.2. The summed E-state index contributed by atoms with van der Waals surface area (Å²) < 4.78 is 75.9. The first-order valence-electron chi connectivity index (χ1n) is 12.5. The maximum Gasteiger partial charge on any atom is 0.530 e. The number of nitrogens with one attached hydrogen (secondary N) is 1. The molecule has 2 rings (SSSR count). The molecular weight excluding hydrogens is 584 g/mol. The third-order valence-electron chi connectivity index (χ3n) is 5.35. The molecule has 1 aromatic heterocycles. The van der Waals surface area contributed by atoms with E-state index in [1.165, 1.54) is 18.3 Å². The van der Waals surface area contributed by atoms with Crippen molar-refractivity contribution in [1.82, 2.24) is 4.98 Å². The largest absolute Gasteiger partial charge is 0.530 e. The monoisotopic (exact) mass is 620 g/mol. The summed E-state index contributed by atoms with van der Waals surface area (Å²) in [4.78, 5) is 27.3. The summed E-state index contributed by atoms with van der Waals surface area (Å²) in [5.41, 5.74) is -1.24. The lowest BCUT2D eigenvalue weighted by atomic mass is 10.1. The number of hydrogen-bond acceptors (Lipinski definition) is 8. The van der Waals surface area contributed by atoms with Gasteiger partial charge in [0, 0.05) is 27.9 Å². The van der Waals surface area contributed by atoms with Gasteiger partial charge in [0.2, 0.25) is 0 Å². The number of carbonyl (C=O) groups is 2. The van der Waals surface area contributed by atoms with Crippen LogP contribution in [0.5, 0.6) is 5.75 Å². The lowest BCUT2D eigenvalue weighted by Crippen LogP contribution is -2.23. The molecule has 9 nitrogen and oxygen atoms in total. The van der Waals surface area contributed by atoms with Crippen molar-refractivity contribution >= 4 is 42.0 Å². The van der Waals surface area contributed by atoms with Crippen molar-refractivity contribution in [1.29, 1.82) is 0 Å². The Balaban J connectivity index is 2.30. The van der Waals surface area contributed by atoms with Crippen molar-refractivity contribution in [2.75, 3.05) is 18.5 Å². The lowest BCUT2D eigenvalue weighted by molar-refractivity contribution is -0.137. The number of ether oxygens (including phenoxy) is 1. The molecule has 1 N–H and O–H groups in total. The molecule has 0 bridgehead atoms. The molecule has 0 atom stereocenters. The lowest BCUT2D eigenvalue weighted by Gasteiger charge is -2.24. The van der Waals surface area contributed by atoms with Crippen molar-refractivity contribution in [3.63, 3.8) is 0 Å². The van der Waals surface area contributed by atoms with Gasteiger partial charge in [-0.3, -0.25) is 24.1 Å². The van der Waals surface area contributed by atoms with Crippen molar-refractivity contribution < 1.29 is 45.6 Å². The Morgan fingerprint density at radius 2 is 1.62 bits per heavy atom. The molecule has 0 unspecified atom stereocenters. The average Bonchev–Trinajstić information content (AvgIpc) is 2.81. The van der Waals surface area contributed by atoms with Gasteiger partial charge in [-0.15, -0.1) is 0 Å². The van der Waals surface area contributed by atoms with Gasteiger partial charge < -0.3 is 9.26 Å². The Morgan fingerprint density at radius 1 is 1.02 bits per heavy atom. The Kier molecular flexibility index (Phi) is 11.7. The van der Waals surface area contributed by atoms with E-state index in [0.717, 1.165) is 18.2 Å². The van der Waals surface area contributed by atoms with Crippen LogP contribution in [-0.4, -0.2) is 46.7 Å². The normalized spacial score (nSPS) is 12.6. The van der Waals surface area contributed by atoms with Crippen LogP contribution in [0.15, 0.2) is 36.5 Å². The molecule has 222 valence electrons. The van der Waals surface area contributed by atoms with E-state index >= 15 is 0 Å². The highest BCUT2D eigenvalue weighted by atomic mass is 31.2. The number of phosphoric acid groups is 1. The van der Waals surface area contributed by atoms with Gasteiger partial charge >= 0.3 is 20.1 Å². The van der Waals surface area contributed by atoms with Crippen molar-refractivity contribution in [3.05, 3.63) is 53.3 Å². The standard InChI is InChI=1S/C25H36F3N2O7PSi2/c1-39(2,3)14-12-35-38(33,36-13-15-40(4,5)6)37-23-10-9-20(25(26,27)28)16-19(23)18-34-24(32)30-21-8-7-11-29-22(21)17-31/h7-11,16-17H,12-15,18H2,1-6H3,(H,30,32). The maximum atomic E-state index is 13.6. The number of hydrogen-bond donors (Lipinski definition) is 1. The topological polar surface area (TPSA) is 113 Å². The molecule has 0 saturated carbocycles. The molecule has 0 radical (unpaired) electrons. The molecule has 15 heteroatoms. The zero-order valence-corrected chi connectivity index (χ0v) is 26.4. The quantitative estimate of drug-likeness (QED) is 0.129. The molecule has 2 aromatic rings. The number of alkyl halides is 3. The number of amides is 1. The van der Waals surface area contributed by atoms with Gasteiger partial charge in [-0.05, 0) is 42.4 Å². The second kappa shape index (κ2) is 13.9. The number of pyridine rings is 1. The van der Waals surface area contributed by atoms with Gasteiger partial charge in [0.25, 0.3) is 0 Å². The molecule has 0 saturated heterocycles. The highest BCUT2D eigenvalue weighted by Crippen LogP contribution is 2.51. The van der Waals surface area contributed by atoms with Crippen molar-refractivity contribution in [3.8, 4) is 5.75 Å². The van der Waals surface area contributed by atoms with E-state index < -0.39 is 48.4 Å². The molecule has 40 heavy (non-hydrogen) atoms. The van der Waals surface area contributed by atoms with Crippen LogP contribution in [0.4, 0.5) is 23.7 Å². The first-order chi connectivity index (χ1) is 18.4. The van der Waals surface area contributed by atoms with Gasteiger partial charge in [-0.1, -0.05) is 39.3 Å². The van der Waals surface area contributed by atoms with Crippen LogP contribution in [0.25, 0.3) is 0 Å². The second-order valence-corrected chi connectivity index (χ2v) is 24.2. The Hall–Kier alpha value is -2.52. The number of phosphoric ester groups is 1. The fourth-order valence-electron chi connectivity index (χ4n) is 3.00. The van der Waals surface area contributed by atoms with Gasteiger partial charge in [-0.25, -0.2) is 9.36 Å². The molecular formula is C25H36F3N2O7PSi2. The molecule has 1 heterocycles. The van der Waals surface area contributed by atoms with E-state index in [0.29, 0.717) is 18.4 Å². The van der Waals surface area contributed by atoms with E-state index in [9.17, 15) is 27.3 Å². The molecule has 1 amide bonds. The van der Waals surface area contributed by atoms with E-state index in [4.69, 9.17) is 18.3 Å². The average molecular weight is 621 g/mol. The summed E-state index contributed by atoms with van der Waals surface area (Å²) >= 11 is 0. The van der Waals surface area contributed by atoms with Gasteiger partial charge in [-0.2, -0.15) is 13.2 Å². The van der Waals surface area contributed by atoms with Crippen LogP contribution >= 0.6 is 7.82 Å². The summed E-state index contributed by atoms with van der Waals surface area (Å²) in [6, 6.07) is 6.67. The molecule has 0 fully saturated rings. The zero-order valence-electron chi connectivity index (χ0n) is 23.5. The van der Waals surface area contributed by atoms with Gasteiger partial charge in [0.05, 0.1) is 24.5 Å². The van der Waals surface area contributed by atoms with Crippen LogP contribution in [-0.2, 0) is 31.1 Å². The van der Waals surface area contributed by atoms with E-state index in [2.05, 4.69) is 49.6 Å². The highest BCUT2D eigenvalue weighted by Gasteiger charge is 2.34. The summed E-state index contributed by atoms with van der Waals surface area (Å²) in [6.45, 7) is 12.1. The number of nitrogens with zero attached hydrogens (tertiary/aromatic N) is 1. The molecule has 0 aliphatic carbocycles. The Labute approximate surface area is 234 Å². The smallest absolute Gasteiger partial charge is 0.444 e. The van der Waals surface area contributed by atoms with Gasteiger partial charge in [0.15, 0.2) is 6.29 Å². The summed E-state index contributed by atoms with van der Waals surface area (Å²) in [7, 11) is -7.41. The predicted octanol–water partition coefficient (Wildman–Crippen LogP) is 7.86. The SMILES string of the molecule is C[Si](C)(C)CCOP(=O)(OCC[Si](C)(C)C)Oc1ccc(C(F)(F)F)cc1COC(=O)Nc1cccnc1C=O. The summed E-state index contributed by atoms with van der Waals surface area (Å²) in [5.74, 6) is -0.250. The van der Waals surface area contributed by atoms with Crippen LogP contribution in [0.2, 0.25) is 51.4 Å². The second-order valence-electron chi connectivity index (χ2n) is 11.4. The van der Waals surface area contributed by atoms with Crippen LogP contribution in [0.1, 0.15) is 21.6 Å². The molecule has 0 aliphatic rings. The molecule has 0 aliphatic heterocycles. The van der Waals surface area contributed by atoms with Crippen LogP contribution in [0, 0.1) is 0 Å². The van der Waals surface area contributed by atoms with E-state index in [1.807, 2.05) is 0 Å². The van der Waals surface area contributed by atoms with Crippen molar-refractivity contribution in [2.45, 2.75) is 64.2 Å². The number of rotatable bonds is 14. The fourth-order valence-corrected chi connectivity index (χ4v) is 6.00. The third kappa shape index (κ3) is 11.9. The number of carbonyl (C=O) groups excluding carboxylic acids is 2. The summed E-state index contributed by atoms with van der Waals surface area (Å²) in [5, 5.41) is 2.31. The number of aromatic nitrogens is 1. The van der Waals surface area contributed by atoms with Crippen molar-refractivity contribution in [2.24, 2.45) is 0 Å². The first-order valence-corrected chi connectivity index (χ1v) is 21.4. The van der Waals surface area contributed by atoms with Gasteiger partial charge in [0.1, 0.15) is 18.1 Å². The van der Waals surface area contributed by atoms with E-state index in [-0.39, 0.29) is 35.9 Å². The minimum atomic E-state index is -4.70. The number of anilines is 1. The van der Waals surface area contributed by atoms with Crippen LogP contribution in [0.3, 0.4) is 0 Å². The highest BCUT2D eigenvalue weighted by molar-refractivity contribution is 7.49. The fraction of sp³-hybridized carbons (Fsp3) is 0.480. The van der Waals surface area contributed by atoms with Crippen LogP contribution < -0.4 is 9.84 Å². The maximum absolute atomic E-state index is 13.6. The van der Waals surface area contributed by atoms with E-state index in [1.54, 1.807) is 0 Å². The molecule has 0 spiro atoms. The predicted molar refractivity (Wildman–Crippen MR) is 151 cm³/mol. The Morgan fingerprint density at radius 3 is 2.15 bits per heavy atom. The number of benzene rings is 1.